The number of hydrogen-bond acceptors (Lipinski definition) is 1. The van der Waals surface area contributed by atoms with E-state index in [0.29, 0.717) is 6.54 Å². The van der Waals surface area contributed by atoms with Gasteiger partial charge in [-0.2, -0.15) is 0 Å². The number of hydrogen-bond donors (Lipinski definition) is 1. The van der Waals surface area contributed by atoms with Crippen LogP contribution in [0.3, 0.4) is 0 Å². The zero-order valence-electron chi connectivity index (χ0n) is 11.8. The summed E-state index contributed by atoms with van der Waals surface area (Å²) < 4.78 is 0. The Kier molecular flexibility index (Phi) is 3.18. The van der Waals surface area contributed by atoms with E-state index in [0.717, 1.165) is 5.69 Å². The van der Waals surface area contributed by atoms with Crippen molar-refractivity contribution in [3.63, 3.8) is 0 Å². The van der Waals surface area contributed by atoms with Crippen molar-refractivity contribution < 1.29 is 4.79 Å². The topological polar surface area (TPSA) is 32.3 Å². The molecule has 2 aromatic rings. The predicted molar refractivity (Wildman–Crippen MR) is 81.0 cm³/mol. The van der Waals surface area contributed by atoms with E-state index in [1.165, 1.54) is 16.7 Å². The summed E-state index contributed by atoms with van der Waals surface area (Å²) >= 11 is 0. The molecule has 3 heteroatoms. The van der Waals surface area contributed by atoms with Crippen LogP contribution in [0.25, 0.3) is 0 Å². The van der Waals surface area contributed by atoms with Gasteiger partial charge in [0.2, 0.25) is 0 Å². The normalized spacial score (nSPS) is 18.2. The highest BCUT2D eigenvalue weighted by molar-refractivity contribution is 5.95. The molecule has 0 radical (unpaired) electrons. The molecule has 1 fully saturated rings. The van der Waals surface area contributed by atoms with Crippen molar-refractivity contribution in [2.24, 2.45) is 0 Å². The molecule has 20 heavy (non-hydrogen) atoms. The number of nitrogens with one attached hydrogen (secondary N) is 1. The Morgan fingerprint density at radius 2 is 1.80 bits per heavy atom. The van der Waals surface area contributed by atoms with E-state index in [2.05, 4.69) is 30.4 Å². The molecule has 0 aliphatic carbocycles. The van der Waals surface area contributed by atoms with E-state index in [1.54, 1.807) is 0 Å². The molecule has 0 saturated carbocycles. The van der Waals surface area contributed by atoms with E-state index in [1.807, 2.05) is 42.2 Å². The maximum atomic E-state index is 12.1. The molecule has 1 N–H and O–H groups in total. The summed E-state index contributed by atoms with van der Waals surface area (Å²) in [5, 5.41) is 2.94. The van der Waals surface area contributed by atoms with Gasteiger partial charge in [-0.25, -0.2) is 4.79 Å². The summed E-state index contributed by atoms with van der Waals surface area (Å²) in [4.78, 5) is 14.0. The lowest BCUT2D eigenvalue weighted by Crippen LogP contribution is -2.29. The third-order valence-electron chi connectivity index (χ3n) is 3.72. The van der Waals surface area contributed by atoms with Crippen LogP contribution in [-0.4, -0.2) is 12.6 Å². The lowest BCUT2D eigenvalue weighted by Gasteiger charge is -2.24. The van der Waals surface area contributed by atoms with Gasteiger partial charge in [-0.3, -0.25) is 4.90 Å². The predicted octanol–water partition coefficient (Wildman–Crippen LogP) is 3.57. The second-order valence-corrected chi connectivity index (χ2v) is 5.32. The average Bonchev–Trinajstić information content (AvgIpc) is 2.82. The summed E-state index contributed by atoms with van der Waals surface area (Å²) in [5.74, 6) is 0. The maximum Gasteiger partial charge on any atom is 0.322 e. The third kappa shape index (κ3) is 2.27. The van der Waals surface area contributed by atoms with Crippen molar-refractivity contribution in [3.05, 3.63) is 65.2 Å². The van der Waals surface area contributed by atoms with E-state index in [-0.39, 0.29) is 12.1 Å². The van der Waals surface area contributed by atoms with Crippen molar-refractivity contribution >= 4 is 11.7 Å². The zero-order chi connectivity index (χ0) is 14.1. The Bertz CT molecular complexity index is 634. The van der Waals surface area contributed by atoms with Gasteiger partial charge < -0.3 is 5.32 Å². The summed E-state index contributed by atoms with van der Waals surface area (Å²) in [6.45, 7) is 4.77. The number of carbonyl (C=O) groups excluding carboxylic acids is 1. The number of anilines is 1. The number of nitrogens with zero attached hydrogens (tertiary/aromatic N) is 1. The van der Waals surface area contributed by atoms with E-state index < -0.39 is 0 Å². The van der Waals surface area contributed by atoms with Crippen molar-refractivity contribution in [1.29, 1.82) is 0 Å². The number of carbonyl (C=O) groups is 1. The SMILES string of the molecule is Cc1ccc(N2C(=O)NCC2c2cccc(C)c2)cc1. The van der Waals surface area contributed by atoms with Crippen LogP contribution in [0.15, 0.2) is 48.5 Å². The van der Waals surface area contributed by atoms with Gasteiger partial charge >= 0.3 is 6.03 Å². The van der Waals surface area contributed by atoms with Crippen LogP contribution in [0.1, 0.15) is 22.7 Å². The molecule has 0 spiro atoms. The molecule has 1 aliphatic heterocycles. The third-order valence-corrected chi connectivity index (χ3v) is 3.72. The molecule has 2 amide bonds. The second kappa shape index (κ2) is 5.00. The fourth-order valence-electron chi connectivity index (χ4n) is 2.65. The molecule has 102 valence electrons. The maximum absolute atomic E-state index is 12.1. The van der Waals surface area contributed by atoms with Crippen LogP contribution in [0.4, 0.5) is 10.5 Å². The molecule has 1 atom stereocenters. The van der Waals surface area contributed by atoms with Crippen LogP contribution in [-0.2, 0) is 0 Å². The molecular weight excluding hydrogens is 248 g/mol. The van der Waals surface area contributed by atoms with Gasteiger partial charge in [-0.1, -0.05) is 47.5 Å². The zero-order valence-corrected chi connectivity index (χ0v) is 11.8. The fraction of sp³-hybridized carbons (Fsp3) is 0.235. The quantitative estimate of drug-likeness (QED) is 0.885. The van der Waals surface area contributed by atoms with Gasteiger partial charge in [0.1, 0.15) is 0 Å². The van der Waals surface area contributed by atoms with Gasteiger partial charge in [0.15, 0.2) is 0 Å². The first-order chi connectivity index (χ1) is 9.65. The van der Waals surface area contributed by atoms with Crippen molar-refractivity contribution in [2.75, 3.05) is 11.4 Å². The number of aryl methyl sites for hydroxylation is 2. The van der Waals surface area contributed by atoms with Crippen molar-refractivity contribution in [2.45, 2.75) is 19.9 Å². The van der Waals surface area contributed by atoms with Gasteiger partial charge in [-0.15, -0.1) is 0 Å². The van der Waals surface area contributed by atoms with Crippen LogP contribution in [0.2, 0.25) is 0 Å². The largest absolute Gasteiger partial charge is 0.335 e. The first-order valence-electron chi connectivity index (χ1n) is 6.85. The van der Waals surface area contributed by atoms with Crippen LogP contribution in [0, 0.1) is 13.8 Å². The van der Waals surface area contributed by atoms with Crippen LogP contribution >= 0.6 is 0 Å². The highest BCUT2D eigenvalue weighted by Crippen LogP contribution is 2.30. The minimum Gasteiger partial charge on any atom is -0.335 e. The molecule has 1 heterocycles. The number of rotatable bonds is 2. The van der Waals surface area contributed by atoms with Crippen LogP contribution < -0.4 is 10.2 Å². The number of amides is 2. The molecule has 3 nitrogen and oxygen atoms in total. The second-order valence-electron chi connectivity index (χ2n) is 5.32. The minimum atomic E-state index is -0.0274. The Hall–Kier alpha value is -2.29. The molecule has 0 aromatic heterocycles. The van der Waals surface area contributed by atoms with Crippen LogP contribution in [0.5, 0.6) is 0 Å². The molecule has 1 saturated heterocycles. The molecular formula is C17H18N2O. The van der Waals surface area contributed by atoms with E-state index in [9.17, 15) is 4.79 Å². The fourth-order valence-corrected chi connectivity index (χ4v) is 2.65. The molecule has 2 aromatic carbocycles. The summed E-state index contributed by atoms with van der Waals surface area (Å²) in [6.07, 6.45) is 0. The molecule has 0 bridgehead atoms. The molecule has 1 aliphatic rings. The average molecular weight is 266 g/mol. The van der Waals surface area contributed by atoms with Gasteiger partial charge in [0.25, 0.3) is 0 Å². The lowest BCUT2D eigenvalue weighted by atomic mass is 10.0. The van der Waals surface area contributed by atoms with Crippen molar-refractivity contribution in [3.8, 4) is 0 Å². The number of urea groups is 1. The Morgan fingerprint density at radius 3 is 2.50 bits per heavy atom. The van der Waals surface area contributed by atoms with E-state index in [4.69, 9.17) is 0 Å². The summed E-state index contributed by atoms with van der Waals surface area (Å²) in [7, 11) is 0. The summed E-state index contributed by atoms with van der Waals surface area (Å²) in [6, 6.07) is 16.5. The Labute approximate surface area is 119 Å². The highest BCUT2D eigenvalue weighted by atomic mass is 16.2. The highest BCUT2D eigenvalue weighted by Gasteiger charge is 2.32. The first-order valence-corrected chi connectivity index (χ1v) is 6.85. The lowest BCUT2D eigenvalue weighted by molar-refractivity contribution is 0.251. The van der Waals surface area contributed by atoms with Gasteiger partial charge in [-0.05, 0) is 31.5 Å². The first kappa shape index (κ1) is 12.7. The number of benzene rings is 2. The molecule has 3 rings (SSSR count). The molecule has 1 unspecified atom stereocenters. The van der Waals surface area contributed by atoms with Gasteiger partial charge in [0.05, 0.1) is 6.04 Å². The summed E-state index contributed by atoms with van der Waals surface area (Å²) in [5.41, 5.74) is 4.52. The Balaban J connectivity index is 1.98. The minimum absolute atomic E-state index is 0.0274. The Morgan fingerprint density at radius 1 is 1.05 bits per heavy atom. The van der Waals surface area contributed by atoms with Gasteiger partial charge in [0, 0.05) is 12.2 Å². The standard InChI is InChI=1S/C17H18N2O/c1-12-6-8-15(9-7-12)19-16(11-18-17(19)20)14-5-3-4-13(2)10-14/h3-10,16H,11H2,1-2H3,(H,18,20). The van der Waals surface area contributed by atoms with E-state index >= 15 is 0 Å². The smallest absolute Gasteiger partial charge is 0.322 e. The monoisotopic (exact) mass is 266 g/mol. The van der Waals surface area contributed by atoms with Crippen molar-refractivity contribution in [1.82, 2.24) is 5.32 Å².